The Bertz CT molecular complexity index is 358. The maximum absolute atomic E-state index is 10.2. The molecule has 2 unspecified atom stereocenters. The summed E-state index contributed by atoms with van der Waals surface area (Å²) >= 11 is 0. The lowest BCUT2D eigenvalue weighted by molar-refractivity contribution is 0.118. The monoisotopic (exact) mass is 220 g/mol. The van der Waals surface area contributed by atoms with Gasteiger partial charge in [0.2, 0.25) is 0 Å². The highest BCUT2D eigenvalue weighted by Crippen LogP contribution is 2.51. The second kappa shape index (κ2) is 4.03. The number of hydrogen-bond acceptors (Lipinski definition) is 1. The van der Waals surface area contributed by atoms with Gasteiger partial charge in [-0.15, -0.1) is 0 Å². The molecule has 0 spiro atoms. The Morgan fingerprint density at radius 3 is 2.69 bits per heavy atom. The van der Waals surface area contributed by atoms with Crippen LogP contribution in [0.4, 0.5) is 0 Å². The van der Waals surface area contributed by atoms with E-state index >= 15 is 0 Å². The van der Waals surface area contributed by atoms with E-state index < -0.39 is 0 Å². The summed E-state index contributed by atoms with van der Waals surface area (Å²) < 4.78 is 0. The van der Waals surface area contributed by atoms with Gasteiger partial charge in [0.1, 0.15) is 0 Å². The van der Waals surface area contributed by atoms with Crippen LogP contribution in [0, 0.1) is 5.41 Å². The smallest absolute Gasteiger partial charge is 0.0763 e. The molecular weight excluding hydrogens is 196 g/mol. The average Bonchev–Trinajstić information content (AvgIpc) is 2.15. The molecular formula is C15H24O. The highest BCUT2D eigenvalue weighted by atomic mass is 16.3. The van der Waals surface area contributed by atoms with E-state index in [9.17, 15) is 5.11 Å². The summed E-state index contributed by atoms with van der Waals surface area (Å²) in [4.78, 5) is 0. The zero-order chi connectivity index (χ0) is 11.9. The summed E-state index contributed by atoms with van der Waals surface area (Å²) in [5, 5.41) is 10.2. The van der Waals surface area contributed by atoms with Crippen LogP contribution in [0.1, 0.15) is 59.8 Å². The quantitative estimate of drug-likeness (QED) is 0.612. The van der Waals surface area contributed by atoms with Crippen LogP contribution in [0.25, 0.3) is 0 Å². The first-order chi connectivity index (χ1) is 7.44. The number of allylic oxidation sites excluding steroid dienone is 3. The fourth-order valence-electron chi connectivity index (χ4n) is 3.52. The Labute approximate surface area is 99.3 Å². The van der Waals surface area contributed by atoms with E-state index in [1.54, 1.807) is 11.1 Å². The van der Waals surface area contributed by atoms with Gasteiger partial charge >= 0.3 is 0 Å². The number of rotatable bonds is 0. The van der Waals surface area contributed by atoms with Crippen molar-refractivity contribution < 1.29 is 5.11 Å². The van der Waals surface area contributed by atoms with Crippen LogP contribution in [-0.2, 0) is 0 Å². The fourth-order valence-corrected chi connectivity index (χ4v) is 3.52. The van der Waals surface area contributed by atoms with Gasteiger partial charge in [0.05, 0.1) is 6.10 Å². The molecule has 2 atom stereocenters. The normalized spacial score (nSPS) is 35.1. The van der Waals surface area contributed by atoms with Crippen LogP contribution in [0.3, 0.4) is 0 Å². The Kier molecular flexibility index (Phi) is 3.00. The van der Waals surface area contributed by atoms with Gasteiger partial charge in [0, 0.05) is 0 Å². The minimum atomic E-state index is -0.204. The van der Waals surface area contributed by atoms with Crippen LogP contribution in [-0.4, -0.2) is 11.2 Å². The summed E-state index contributed by atoms with van der Waals surface area (Å²) in [6.07, 6.45) is 5.56. The summed E-state index contributed by atoms with van der Waals surface area (Å²) in [7, 11) is 0. The topological polar surface area (TPSA) is 20.2 Å². The van der Waals surface area contributed by atoms with Crippen molar-refractivity contribution in [3.63, 3.8) is 0 Å². The van der Waals surface area contributed by atoms with Crippen molar-refractivity contribution in [2.24, 2.45) is 5.41 Å². The molecule has 1 nitrogen and oxygen atoms in total. The van der Waals surface area contributed by atoms with Crippen LogP contribution >= 0.6 is 0 Å². The van der Waals surface area contributed by atoms with Gasteiger partial charge in [-0.05, 0) is 63.9 Å². The molecule has 0 bridgehead atoms. The average molecular weight is 220 g/mol. The third-order valence-electron chi connectivity index (χ3n) is 4.58. The third-order valence-corrected chi connectivity index (χ3v) is 4.58. The van der Waals surface area contributed by atoms with E-state index in [2.05, 4.69) is 27.7 Å². The molecule has 16 heavy (non-hydrogen) atoms. The van der Waals surface area contributed by atoms with E-state index in [-0.39, 0.29) is 11.5 Å². The maximum Gasteiger partial charge on any atom is 0.0763 e. The molecule has 2 aliphatic rings. The van der Waals surface area contributed by atoms with Gasteiger partial charge in [-0.1, -0.05) is 23.6 Å². The first-order valence-electron chi connectivity index (χ1n) is 6.47. The van der Waals surface area contributed by atoms with Crippen molar-refractivity contribution in [2.45, 2.75) is 65.9 Å². The van der Waals surface area contributed by atoms with Crippen molar-refractivity contribution >= 4 is 0 Å². The predicted molar refractivity (Wildman–Crippen MR) is 68.3 cm³/mol. The molecule has 1 heteroatoms. The zero-order valence-corrected chi connectivity index (χ0v) is 11.1. The number of hydrogen-bond donors (Lipinski definition) is 1. The zero-order valence-electron chi connectivity index (χ0n) is 11.1. The van der Waals surface area contributed by atoms with E-state index in [4.69, 9.17) is 0 Å². The summed E-state index contributed by atoms with van der Waals surface area (Å²) in [5.74, 6) is 0. The van der Waals surface area contributed by atoms with E-state index in [0.717, 1.165) is 12.8 Å². The minimum absolute atomic E-state index is 0.204. The Balaban J connectivity index is 2.40. The lowest BCUT2D eigenvalue weighted by Gasteiger charge is -2.44. The van der Waals surface area contributed by atoms with Gasteiger partial charge < -0.3 is 5.11 Å². The van der Waals surface area contributed by atoms with Gasteiger partial charge in [0.15, 0.2) is 0 Å². The molecule has 1 saturated carbocycles. The molecule has 0 saturated heterocycles. The summed E-state index contributed by atoms with van der Waals surface area (Å²) in [6, 6.07) is 0. The third kappa shape index (κ3) is 1.86. The number of fused-ring (bicyclic) bond motifs is 1. The van der Waals surface area contributed by atoms with E-state index in [1.807, 2.05) is 0 Å². The van der Waals surface area contributed by atoms with Crippen molar-refractivity contribution in [3.8, 4) is 0 Å². The minimum Gasteiger partial charge on any atom is -0.389 e. The maximum atomic E-state index is 10.2. The predicted octanol–water partition coefficient (Wildman–Crippen LogP) is 3.98. The molecule has 0 aromatic heterocycles. The molecule has 2 aliphatic carbocycles. The van der Waals surface area contributed by atoms with Gasteiger partial charge in [-0.2, -0.15) is 0 Å². The van der Waals surface area contributed by atoms with Gasteiger partial charge in [-0.25, -0.2) is 0 Å². The SMILES string of the molecule is CC(C)=C1CC2=C(C)CCCC2(C)CC1O. The van der Waals surface area contributed by atoms with Crippen molar-refractivity contribution in [1.82, 2.24) is 0 Å². The Hall–Kier alpha value is -0.560. The van der Waals surface area contributed by atoms with Gasteiger partial charge in [0.25, 0.3) is 0 Å². The van der Waals surface area contributed by atoms with Crippen molar-refractivity contribution in [2.75, 3.05) is 0 Å². The molecule has 0 amide bonds. The molecule has 1 fully saturated rings. The van der Waals surface area contributed by atoms with E-state index in [1.165, 1.54) is 30.4 Å². The molecule has 2 rings (SSSR count). The molecule has 0 aromatic rings. The molecule has 90 valence electrons. The second-order valence-electron chi connectivity index (χ2n) is 6.10. The molecule has 0 aromatic carbocycles. The van der Waals surface area contributed by atoms with E-state index in [0.29, 0.717) is 0 Å². The van der Waals surface area contributed by atoms with Crippen LogP contribution in [0.2, 0.25) is 0 Å². The summed E-state index contributed by atoms with van der Waals surface area (Å²) in [5.41, 5.74) is 6.06. The largest absolute Gasteiger partial charge is 0.389 e. The molecule has 0 aliphatic heterocycles. The van der Waals surface area contributed by atoms with Crippen molar-refractivity contribution in [1.29, 1.82) is 0 Å². The highest BCUT2D eigenvalue weighted by molar-refractivity contribution is 5.35. The molecule has 0 heterocycles. The van der Waals surface area contributed by atoms with Crippen LogP contribution < -0.4 is 0 Å². The number of aliphatic hydroxyl groups is 1. The Morgan fingerprint density at radius 2 is 2.06 bits per heavy atom. The van der Waals surface area contributed by atoms with Crippen LogP contribution in [0.5, 0.6) is 0 Å². The Morgan fingerprint density at radius 1 is 1.38 bits per heavy atom. The summed E-state index contributed by atoms with van der Waals surface area (Å²) in [6.45, 7) is 8.88. The lowest BCUT2D eigenvalue weighted by Crippen LogP contribution is -2.35. The van der Waals surface area contributed by atoms with Gasteiger partial charge in [-0.3, -0.25) is 0 Å². The first-order valence-corrected chi connectivity index (χ1v) is 6.47. The first kappa shape index (κ1) is 11.9. The second-order valence-corrected chi connectivity index (χ2v) is 6.10. The number of aliphatic hydroxyl groups excluding tert-OH is 1. The highest BCUT2D eigenvalue weighted by Gasteiger charge is 2.40. The standard InChI is InChI=1S/C15H24O/c1-10(2)12-8-13-11(3)6-5-7-15(13,4)9-14(12)16/h14,16H,5-9H2,1-4H3. The lowest BCUT2D eigenvalue weighted by atomic mass is 9.62. The molecule has 1 N–H and O–H groups in total. The van der Waals surface area contributed by atoms with Crippen LogP contribution in [0.15, 0.2) is 22.3 Å². The molecule has 0 radical (unpaired) electrons. The fraction of sp³-hybridized carbons (Fsp3) is 0.733. The van der Waals surface area contributed by atoms with Crippen molar-refractivity contribution in [3.05, 3.63) is 22.3 Å².